The second kappa shape index (κ2) is 9.00. The lowest BCUT2D eigenvalue weighted by Gasteiger charge is -2.10. The van der Waals surface area contributed by atoms with Crippen LogP contribution < -0.4 is 10.6 Å². The van der Waals surface area contributed by atoms with Gasteiger partial charge in [0, 0.05) is 30.3 Å². The first-order chi connectivity index (χ1) is 9.84. The van der Waals surface area contributed by atoms with Gasteiger partial charge in [0.2, 0.25) is 5.91 Å². The molecule has 1 unspecified atom stereocenters. The molecule has 110 valence electrons. The Bertz CT molecular complexity index is 394. The average molecular weight is 294 g/mol. The molecule has 2 N–H and O–H groups in total. The van der Waals surface area contributed by atoms with Gasteiger partial charge >= 0.3 is 0 Å². The summed E-state index contributed by atoms with van der Waals surface area (Å²) in [6.07, 6.45) is 2.52. The quantitative estimate of drug-likeness (QED) is 0.565. The molecule has 1 aliphatic heterocycles. The van der Waals surface area contributed by atoms with E-state index in [1.165, 1.54) is 4.90 Å². The molecule has 20 heavy (non-hydrogen) atoms. The molecule has 5 heteroatoms. The van der Waals surface area contributed by atoms with Crippen LogP contribution in [0.4, 0.5) is 0 Å². The number of thioether (sulfide) groups is 1. The van der Waals surface area contributed by atoms with Crippen LogP contribution in [-0.4, -0.2) is 44.0 Å². The van der Waals surface area contributed by atoms with Gasteiger partial charge in [-0.25, -0.2) is 0 Å². The minimum absolute atomic E-state index is 0.0525. The summed E-state index contributed by atoms with van der Waals surface area (Å²) in [5, 5.41) is 6.06. The molecule has 0 bridgehead atoms. The Morgan fingerprint density at radius 1 is 1.35 bits per heavy atom. The molecule has 0 radical (unpaired) electrons. The van der Waals surface area contributed by atoms with E-state index in [1.54, 1.807) is 11.8 Å². The highest BCUT2D eigenvalue weighted by molar-refractivity contribution is 7.99. The lowest BCUT2D eigenvalue weighted by molar-refractivity contribution is -0.120. The highest BCUT2D eigenvalue weighted by atomic mass is 32.2. The molecule has 0 spiro atoms. The Labute approximate surface area is 124 Å². The van der Waals surface area contributed by atoms with Gasteiger partial charge in [0.25, 0.3) is 0 Å². The third kappa shape index (κ3) is 5.94. The molecule has 1 amide bonds. The van der Waals surface area contributed by atoms with Crippen LogP contribution in [0.1, 0.15) is 12.8 Å². The molecule has 1 aromatic carbocycles. The second-order valence-electron chi connectivity index (χ2n) is 4.78. The van der Waals surface area contributed by atoms with Gasteiger partial charge < -0.3 is 15.4 Å². The van der Waals surface area contributed by atoms with E-state index in [2.05, 4.69) is 22.8 Å². The number of benzene rings is 1. The summed E-state index contributed by atoms with van der Waals surface area (Å²) < 4.78 is 5.48. The van der Waals surface area contributed by atoms with Crippen molar-refractivity contribution in [3.05, 3.63) is 30.3 Å². The van der Waals surface area contributed by atoms with Crippen molar-refractivity contribution in [3.8, 4) is 0 Å². The third-order valence-electron chi connectivity index (χ3n) is 3.12. The molecule has 1 heterocycles. The number of rotatable bonds is 8. The molecule has 1 fully saturated rings. The number of nitrogens with one attached hydrogen (secondary N) is 2. The largest absolute Gasteiger partial charge is 0.377 e. The van der Waals surface area contributed by atoms with Crippen molar-refractivity contribution < 1.29 is 9.53 Å². The van der Waals surface area contributed by atoms with Crippen LogP contribution in [-0.2, 0) is 9.53 Å². The van der Waals surface area contributed by atoms with Crippen LogP contribution in [0.15, 0.2) is 35.2 Å². The second-order valence-corrected chi connectivity index (χ2v) is 5.95. The van der Waals surface area contributed by atoms with Gasteiger partial charge in [-0.05, 0) is 25.0 Å². The standard InChI is InChI=1S/C15H22N2O2S/c18-15(12-16-11-13-5-4-9-19-13)17-8-10-20-14-6-2-1-3-7-14/h1-3,6-7,13,16H,4-5,8-12H2,(H,17,18). The smallest absolute Gasteiger partial charge is 0.233 e. The van der Waals surface area contributed by atoms with Crippen molar-refractivity contribution >= 4 is 17.7 Å². The number of amides is 1. The van der Waals surface area contributed by atoms with E-state index in [0.717, 1.165) is 31.7 Å². The van der Waals surface area contributed by atoms with Gasteiger partial charge in [-0.2, -0.15) is 0 Å². The molecule has 1 saturated heterocycles. The van der Waals surface area contributed by atoms with E-state index in [9.17, 15) is 4.79 Å². The molecular weight excluding hydrogens is 272 g/mol. The Morgan fingerprint density at radius 2 is 2.20 bits per heavy atom. The molecule has 2 rings (SSSR count). The summed E-state index contributed by atoms with van der Waals surface area (Å²) in [4.78, 5) is 12.8. The zero-order valence-corrected chi connectivity index (χ0v) is 12.5. The summed E-state index contributed by atoms with van der Waals surface area (Å²) >= 11 is 1.75. The minimum atomic E-state index is 0.0525. The van der Waals surface area contributed by atoms with E-state index >= 15 is 0 Å². The SMILES string of the molecule is O=C(CNCC1CCCO1)NCCSc1ccccc1. The highest BCUT2D eigenvalue weighted by Gasteiger charge is 2.14. The molecule has 1 aromatic rings. The maximum Gasteiger partial charge on any atom is 0.233 e. The summed E-state index contributed by atoms with van der Waals surface area (Å²) in [5.74, 6) is 0.943. The van der Waals surface area contributed by atoms with Gasteiger partial charge in [0.15, 0.2) is 0 Å². The minimum Gasteiger partial charge on any atom is -0.377 e. The Morgan fingerprint density at radius 3 is 2.95 bits per heavy atom. The fourth-order valence-corrected chi connectivity index (χ4v) is 2.88. The van der Waals surface area contributed by atoms with E-state index in [4.69, 9.17) is 4.74 Å². The fraction of sp³-hybridized carbons (Fsp3) is 0.533. The number of ether oxygens (including phenoxy) is 1. The van der Waals surface area contributed by atoms with E-state index in [0.29, 0.717) is 13.1 Å². The van der Waals surface area contributed by atoms with Crippen molar-refractivity contribution in [2.45, 2.75) is 23.8 Å². The van der Waals surface area contributed by atoms with E-state index in [1.807, 2.05) is 18.2 Å². The zero-order valence-electron chi connectivity index (χ0n) is 11.6. The molecule has 0 aromatic heterocycles. The van der Waals surface area contributed by atoms with Gasteiger partial charge in [0.05, 0.1) is 12.6 Å². The highest BCUT2D eigenvalue weighted by Crippen LogP contribution is 2.15. The Hall–Kier alpha value is -1.04. The number of carbonyl (C=O) groups is 1. The Kier molecular flexibility index (Phi) is 6.91. The summed E-state index contributed by atoms with van der Waals surface area (Å²) in [6, 6.07) is 10.2. The van der Waals surface area contributed by atoms with E-state index in [-0.39, 0.29) is 12.0 Å². The van der Waals surface area contributed by atoms with Crippen LogP contribution >= 0.6 is 11.8 Å². The number of carbonyl (C=O) groups excluding carboxylic acids is 1. The molecular formula is C15H22N2O2S. The lowest BCUT2D eigenvalue weighted by Crippen LogP contribution is -2.37. The summed E-state index contributed by atoms with van der Waals surface area (Å²) in [6.45, 7) is 2.69. The molecule has 1 aliphatic rings. The first-order valence-electron chi connectivity index (χ1n) is 7.11. The van der Waals surface area contributed by atoms with E-state index < -0.39 is 0 Å². The molecule has 4 nitrogen and oxygen atoms in total. The van der Waals surface area contributed by atoms with Crippen LogP contribution in [0.5, 0.6) is 0 Å². The first kappa shape index (κ1) is 15.4. The predicted molar refractivity (Wildman–Crippen MR) is 82.0 cm³/mol. The third-order valence-corrected chi connectivity index (χ3v) is 4.13. The molecule has 0 aliphatic carbocycles. The van der Waals surface area contributed by atoms with Gasteiger partial charge in [-0.15, -0.1) is 11.8 Å². The summed E-state index contributed by atoms with van der Waals surface area (Å²) in [5.41, 5.74) is 0. The van der Waals surface area contributed by atoms with Crippen LogP contribution in [0, 0.1) is 0 Å². The fourth-order valence-electron chi connectivity index (χ4n) is 2.09. The zero-order chi connectivity index (χ0) is 14.0. The van der Waals surface area contributed by atoms with Crippen molar-refractivity contribution in [2.75, 3.05) is 32.0 Å². The predicted octanol–water partition coefficient (Wildman–Crippen LogP) is 1.66. The molecule has 1 atom stereocenters. The van der Waals surface area contributed by atoms with Crippen LogP contribution in [0.3, 0.4) is 0 Å². The first-order valence-corrected chi connectivity index (χ1v) is 8.10. The number of hydrogen-bond acceptors (Lipinski definition) is 4. The maximum atomic E-state index is 11.6. The van der Waals surface area contributed by atoms with Crippen molar-refractivity contribution in [1.82, 2.24) is 10.6 Å². The monoisotopic (exact) mass is 294 g/mol. The van der Waals surface area contributed by atoms with Crippen molar-refractivity contribution in [3.63, 3.8) is 0 Å². The maximum absolute atomic E-state index is 11.6. The van der Waals surface area contributed by atoms with Crippen LogP contribution in [0.2, 0.25) is 0 Å². The van der Waals surface area contributed by atoms with Gasteiger partial charge in [-0.1, -0.05) is 18.2 Å². The lowest BCUT2D eigenvalue weighted by atomic mass is 10.2. The van der Waals surface area contributed by atoms with Gasteiger partial charge in [0.1, 0.15) is 0 Å². The average Bonchev–Trinajstić information content (AvgIpc) is 2.98. The normalized spacial score (nSPS) is 18.1. The van der Waals surface area contributed by atoms with Crippen LogP contribution in [0.25, 0.3) is 0 Å². The Balaban J connectivity index is 1.47. The van der Waals surface area contributed by atoms with Crippen molar-refractivity contribution in [1.29, 1.82) is 0 Å². The summed E-state index contributed by atoms with van der Waals surface area (Å²) in [7, 11) is 0. The topological polar surface area (TPSA) is 50.4 Å². The van der Waals surface area contributed by atoms with Crippen molar-refractivity contribution in [2.24, 2.45) is 0 Å². The number of hydrogen-bond donors (Lipinski definition) is 2. The molecule has 0 saturated carbocycles. The van der Waals surface area contributed by atoms with Gasteiger partial charge in [-0.3, -0.25) is 4.79 Å².